The number of amides is 2. The van der Waals surface area contributed by atoms with Gasteiger partial charge in [-0.25, -0.2) is 9.59 Å². The van der Waals surface area contributed by atoms with E-state index in [4.69, 9.17) is 5.11 Å². The molecule has 0 radical (unpaired) electrons. The third-order valence-electron chi connectivity index (χ3n) is 2.86. The van der Waals surface area contributed by atoms with E-state index in [-0.39, 0.29) is 17.6 Å². The average molecular weight is 278 g/mol. The molecule has 0 aliphatic carbocycles. The summed E-state index contributed by atoms with van der Waals surface area (Å²) >= 11 is 0. The summed E-state index contributed by atoms with van der Waals surface area (Å²) in [6, 6.07) is 6.37. The minimum atomic E-state index is -0.954. The van der Waals surface area contributed by atoms with Crippen LogP contribution in [0, 0.1) is 5.92 Å². The highest BCUT2D eigenvalue weighted by molar-refractivity contribution is 5.87. The van der Waals surface area contributed by atoms with Gasteiger partial charge in [-0.05, 0) is 37.0 Å². The Labute approximate surface area is 119 Å². The zero-order valence-electron chi connectivity index (χ0n) is 12.1. The summed E-state index contributed by atoms with van der Waals surface area (Å²) in [5, 5.41) is 14.4. The van der Waals surface area contributed by atoms with Crippen LogP contribution in [0.5, 0.6) is 0 Å². The molecule has 1 unspecified atom stereocenters. The summed E-state index contributed by atoms with van der Waals surface area (Å²) in [5.74, 6) is -0.418. The van der Waals surface area contributed by atoms with Gasteiger partial charge in [-0.2, -0.15) is 0 Å². The van der Waals surface area contributed by atoms with Crippen molar-refractivity contribution in [3.63, 3.8) is 0 Å². The highest BCUT2D eigenvalue weighted by Crippen LogP contribution is 2.05. The second-order valence-corrected chi connectivity index (χ2v) is 5.36. The lowest BCUT2D eigenvalue weighted by Crippen LogP contribution is -2.40. The predicted octanol–water partition coefficient (Wildman–Crippen LogP) is 2.62. The lowest BCUT2D eigenvalue weighted by atomic mass is 10.1. The summed E-state index contributed by atoms with van der Waals surface area (Å²) in [6.45, 7) is 6.57. The van der Waals surface area contributed by atoms with Crippen molar-refractivity contribution in [2.45, 2.75) is 39.8 Å². The Bertz CT molecular complexity index is 455. The van der Waals surface area contributed by atoms with E-state index in [1.54, 1.807) is 12.1 Å². The zero-order chi connectivity index (χ0) is 15.1. The van der Waals surface area contributed by atoms with E-state index >= 15 is 0 Å². The number of urea groups is 1. The van der Waals surface area contributed by atoms with Gasteiger partial charge in [0.2, 0.25) is 0 Å². The summed E-state index contributed by atoms with van der Waals surface area (Å²) in [4.78, 5) is 22.4. The van der Waals surface area contributed by atoms with Crippen molar-refractivity contribution in [1.82, 2.24) is 10.6 Å². The number of carboxylic acids is 1. The van der Waals surface area contributed by atoms with E-state index in [0.29, 0.717) is 12.5 Å². The Morgan fingerprint density at radius 3 is 2.25 bits per heavy atom. The van der Waals surface area contributed by atoms with Crippen LogP contribution in [0.25, 0.3) is 0 Å². The molecule has 0 spiro atoms. The number of rotatable bonds is 6. The maximum Gasteiger partial charge on any atom is 0.335 e. The number of carbonyl (C=O) groups excluding carboxylic acids is 1. The van der Waals surface area contributed by atoms with Crippen LogP contribution in [0.4, 0.5) is 4.79 Å². The van der Waals surface area contributed by atoms with Gasteiger partial charge in [-0.1, -0.05) is 26.0 Å². The largest absolute Gasteiger partial charge is 0.478 e. The maximum atomic E-state index is 11.7. The van der Waals surface area contributed by atoms with Crippen LogP contribution >= 0.6 is 0 Å². The lowest BCUT2D eigenvalue weighted by molar-refractivity contribution is 0.0697. The van der Waals surface area contributed by atoms with Gasteiger partial charge in [-0.3, -0.25) is 0 Å². The normalized spacial score (nSPS) is 12.0. The van der Waals surface area contributed by atoms with E-state index in [1.807, 2.05) is 6.92 Å². The molecule has 5 heteroatoms. The van der Waals surface area contributed by atoms with Crippen LogP contribution in [0.15, 0.2) is 24.3 Å². The monoisotopic (exact) mass is 278 g/mol. The third kappa shape index (κ3) is 5.73. The first-order chi connectivity index (χ1) is 9.38. The smallest absolute Gasteiger partial charge is 0.335 e. The van der Waals surface area contributed by atoms with E-state index in [1.165, 1.54) is 12.1 Å². The van der Waals surface area contributed by atoms with Gasteiger partial charge in [0.15, 0.2) is 0 Å². The van der Waals surface area contributed by atoms with Gasteiger partial charge in [0.1, 0.15) is 0 Å². The first-order valence-electron chi connectivity index (χ1n) is 6.75. The summed E-state index contributed by atoms with van der Waals surface area (Å²) in [5.41, 5.74) is 1.10. The van der Waals surface area contributed by atoms with Crippen molar-refractivity contribution in [2.24, 2.45) is 5.92 Å². The number of aromatic carboxylic acids is 1. The predicted molar refractivity (Wildman–Crippen MR) is 77.7 cm³/mol. The van der Waals surface area contributed by atoms with Gasteiger partial charge < -0.3 is 15.7 Å². The number of carbonyl (C=O) groups is 2. The Balaban J connectivity index is 2.39. The van der Waals surface area contributed by atoms with Crippen LogP contribution in [0.2, 0.25) is 0 Å². The molecule has 5 nitrogen and oxygen atoms in total. The lowest BCUT2D eigenvalue weighted by Gasteiger charge is -2.16. The second-order valence-electron chi connectivity index (χ2n) is 5.36. The van der Waals surface area contributed by atoms with Gasteiger partial charge in [0.05, 0.1) is 5.56 Å². The van der Waals surface area contributed by atoms with Gasteiger partial charge in [-0.15, -0.1) is 0 Å². The average Bonchev–Trinajstić information content (AvgIpc) is 2.35. The van der Waals surface area contributed by atoms with Gasteiger partial charge in [0.25, 0.3) is 0 Å². The van der Waals surface area contributed by atoms with Crippen LogP contribution in [0.1, 0.15) is 43.1 Å². The SMILES string of the molecule is CC(C)CC(C)NC(=O)NCc1ccc(C(=O)O)cc1. The molecule has 1 aromatic carbocycles. The van der Waals surface area contributed by atoms with E-state index < -0.39 is 5.97 Å². The molecule has 0 aliphatic heterocycles. The number of nitrogens with one attached hydrogen (secondary N) is 2. The minimum Gasteiger partial charge on any atom is -0.478 e. The topological polar surface area (TPSA) is 78.4 Å². The number of hydrogen-bond acceptors (Lipinski definition) is 2. The first-order valence-corrected chi connectivity index (χ1v) is 6.75. The molecule has 1 aromatic rings. The Morgan fingerprint density at radius 2 is 1.75 bits per heavy atom. The minimum absolute atomic E-state index is 0.129. The van der Waals surface area contributed by atoms with Crippen LogP contribution < -0.4 is 10.6 Å². The molecule has 2 amide bonds. The molecular formula is C15H22N2O3. The molecular weight excluding hydrogens is 256 g/mol. The number of hydrogen-bond donors (Lipinski definition) is 3. The fraction of sp³-hybridized carbons (Fsp3) is 0.467. The fourth-order valence-corrected chi connectivity index (χ4v) is 1.99. The highest BCUT2D eigenvalue weighted by atomic mass is 16.4. The Morgan fingerprint density at radius 1 is 1.15 bits per heavy atom. The quantitative estimate of drug-likeness (QED) is 0.748. The highest BCUT2D eigenvalue weighted by Gasteiger charge is 2.08. The number of carboxylic acid groups (broad SMARTS) is 1. The standard InChI is InChI=1S/C15H22N2O3/c1-10(2)8-11(3)17-15(20)16-9-12-4-6-13(7-5-12)14(18)19/h4-7,10-11H,8-9H2,1-3H3,(H,18,19)(H2,16,17,20). The molecule has 0 saturated carbocycles. The van der Waals surface area contributed by atoms with E-state index in [2.05, 4.69) is 24.5 Å². The van der Waals surface area contributed by atoms with Crippen molar-refractivity contribution in [3.05, 3.63) is 35.4 Å². The van der Waals surface area contributed by atoms with Crippen molar-refractivity contribution < 1.29 is 14.7 Å². The summed E-state index contributed by atoms with van der Waals surface area (Å²) in [7, 11) is 0. The molecule has 0 bridgehead atoms. The van der Waals surface area contributed by atoms with Crippen molar-refractivity contribution in [3.8, 4) is 0 Å². The zero-order valence-corrected chi connectivity index (χ0v) is 12.1. The van der Waals surface area contributed by atoms with Crippen LogP contribution in [0.3, 0.4) is 0 Å². The van der Waals surface area contributed by atoms with E-state index in [0.717, 1.165) is 12.0 Å². The van der Waals surface area contributed by atoms with E-state index in [9.17, 15) is 9.59 Å². The molecule has 1 rings (SSSR count). The molecule has 0 saturated heterocycles. The molecule has 0 aliphatic rings. The Hall–Kier alpha value is -2.04. The molecule has 0 aromatic heterocycles. The third-order valence-corrected chi connectivity index (χ3v) is 2.86. The molecule has 0 fully saturated rings. The summed E-state index contributed by atoms with van der Waals surface area (Å²) < 4.78 is 0. The fourth-order valence-electron chi connectivity index (χ4n) is 1.99. The summed E-state index contributed by atoms with van der Waals surface area (Å²) in [6.07, 6.45) is 0.931. The van der Waals surface area contributed by atoms with Crippen LogP contribution in [-0.4, -0.2) is 23.1 Å². The molecule has 3 N–H and O–H groups in total. The maximum absolute atomic E-state index is 11.7. The molecule has 110 valence electrons. The molecule has 1 atom stereocenters. The van der Waals surface area contributed by atoms with Gasteiger partial charge >= 0.3 is 12.0 Å². The molecule has 20 heavy (non-hydrogen) atoms. The van der Waals surface area contributed by atoms with Crippen molar-refractivity contribution in [2.75, 3.05) is 0 Å². The molecule has 0 heterocycles. The van der Waals surface area contributed by atoms with Crippen LogP contribution in [-0.2, 0) is 6.54 Å². The second kappa shape index (κ2) is 7.53. The van der Waals surface area contributed by atoms with Crippen molar-refractivity contribution in [1.29, 1.82) is 0 Å². The van der Waals surface area contributed by atoms with Gasteiger partial charge in [0, 0.05) is 12.6 Å². The Kier molecular flexibility index (Phi) is 6.03. The van der Waals surface area contributed by atoms with Crippen molar-refractivity contribution >= 4 is 12.0 Å². The first kappa shape index (κ1) is 16.0. The number of benzene rings is 1.